The summed E-state index contributed by atoms with van der Waals surface area (Å²) in [6.45, 7) is 3.88. The van der Waals surface area contributed by atoms with E-state index in [1.165, 1.54) is 16.9 Å². The van der Waals surface area contributed by atoms with Crippen LogP contribution in [0.1, 0.15) is 44.3 Å². The van der Waals surface area contributed by atoms with Gasteiger partial charge in [0.05, 0.1) is 20.8 Å². The molecule has 168 valence electrons. The van der Waals surface area contributed by atoms with Crippen LogP contribution in [-0.2, 0) is 19.6 Å². The quantitative estimate of drug-likeness (QED) is 0.502. The maximum absolute atomic E-state index is 12.5. The van der Waals surface area contributed by atoms with Gasteiger partial charge in [-0.25, -0.2) is 0 Å². The Labute approximate surface area is 192 Å². The summed E-state index contributed by atoms with van der Waals surface area (Å²) in [5.74, 6) is 1.45. The lowest BCUT2D eigenvalue weighted by Crippen LogP contribution is -2.25. The maximum Gasteiger partial charge on any atom is 0.282 e. The van der Waals surface area contributed by atoms with E-state index < -0.39 is 0 Å². The molecule has 1 saturated carbocycles. The van der Waals surface area contributed by atoms with Gasteiger partial charge in [0.2, 0.25) is 5.01 Å². The first kappa shape index (κ1) is 22.2. The summed E-state index contributed by atoms with van der Waals surface area (Å²) in [4.78, 5) is 14.9. The van der Waals surface area contributed by atoms with Crippen molar-refractivity contribution < 1.29 is 14.3 Å². The third-order valence-corrected chi connectivity index (χ3v) is 6.40. The number of ether oxygens (including phenoxy) is 2. The van der Waals surface area contributed by atoms with Gasteiger partial charge >= 0.3 is 0 Å². The molecule has 4 rings (SSSR count). The van der Waals surface area contributed by atoms with E-state index >= 15 is 0 Å². The molecular formula is C24H28N4O3S. The van der Waals surface area contributed by atoms with Gasteiger partial charge in [-0.2, -0.15) is 0 Å². The summed E-state index contributed by atoms with van der Waals surface area (Å²) in [5, 5.41) is 12.6. The Kier molecular flexibility index (Phi) is 7.02. The molecule has 3 aromatic rings. The third kappa shape index (κ3) is 5.63. The van der Waals surface area contributed by atoms with Gasteiger partial charge in [0.25, 0.3) is 5.91 Å². The second-order valence-corrected chi connectivity index (χ2v) is 9.05. The molecule has 0 bridgehead atoms. The first-order valence-corrected chi connectivity index (χ1v) is 11.5. The summed E-state index contributed by atoms with van der Waals surface area (Å²) < 4.78 is 10.9. The number of aryl methyl sites for hydroxylation is 1. The van der Waals surface area contributed by atoms with Crippen LogP contribution in [0.2, 0.25) is 0 Å². The fourth-order valence-electron chi connectivity index (χ4n) is 3.52. The molecule has 1 fully saturated rings. The first-order chi connectivity index (χ1) is 15.6. The third-order valence-electron chi connectivity index (χ3n) is 5.50. The topological polar surface area (TPSA) is 76.6 Å². The largest absolute Gasteiger partial charge is 0.497 e. The maximum atomic E-state index is 12.5. The Morgan fingerprint density at radius 3 is 2.56 bits per heavy atom. The summed E-state index contributed by atoms with van der Waals surface area (Å²) in [6.07, 6.45) is 2.32. The van der Waals surface area contributed by atoms with Gasteiger partial charge in [0.1, 0.15) is 16.5 Å². The highest BCUT2D eigenvalue weighted by Gasteiger charge is 2.30. The molecule has 1 aliphatic carbocycles. The molecule has 1 N–H and O–H groups in total. The number of carbonyl (C=O) groups excluding carboxylic acids is 1. The van der Waals surface area contributed by atoms with Gasteiger partial charge in [0, 0.05) is 24.7 Å². The number of rotatable bonds is 10. The number of hydrogen-bond donors (Lipinski definition) is 1. The molecule has 0 aliphatic heterocycles. The van der Waals surface area contributed by atoms with E-state index in [1.54, 1.807) is 14.2 Å². The van der Waals surface area contributed by atoms with Crippen molar-refractivity contribution in [3.8, 4) is 11.5 Å². The van der Waals surface area contributed by atoms with E-state index in [-0.39, 0.29) is 5.91 Å². The Balaban J connectivity index is 1.39. The average Bonchev–Trinajstić information content (AvgIpc) is 3.56. The van der Waals surface area contributed by atoms with Gasteiger partial charge < -0.3 is 14.8 Å². The molecule has 0 atom stereocenters. The minimum Gasteiger partial charge on any atom is -0.497 e. The number of carbonyl (C=O) groups is 1. The van der Waals surface area contributed by atoms with Gasteiger partial charge in [-0.1, -0.05) is 41.2 Å². The molecule has 2 aromatic carbocycles. The predicted molar refractivity (Wildman–Crippen MR) is 124 cm³/mol. The van der Waals surface area contributed by atoms with Crippen LogP contribution < -0.4 is 14.8 Å². The van der Waals surface area contributed by atoms with Crippen LogP contribution in [0.15, 0.2) is 42.5 Å². The first-order valence-electron chi connectivity index (χ1n) is 10.7. The molecule has 1 aromatic heterocycles. The van der Waals surface area contributed by atoms with Crippen LogP contribution in [-0.4, -0.2) is 41.3 Å². The predicted octanol–water partition coefficient (Wildman–Crippen LogP) is 3.96. The molecule has 0 radical (unpaired) electrons. The fourth-order valence-corrected chi connectivity index (χ4v) is 4.31. The van der Waals surface area contributed by atoms with E-state index in [0.717, 1.165) is 47.0 Å². The number of aromatic nitrogens is 2. The van der Waals surface area contributed by atoms with Crippen LogP contribution >= 0.6 is 11.3 Å². The zero-order valence-electron chi connectivity index (χ0n) is 18.6. The van der Waals surface area contributed by atoms with Crippen LogP contribution in [0, 0.1) is 6.92 Å². The number of methoxy groups -OCH3 is 2. The zero-order chi connectivity index (χ0) is 22.5. The van der Waals surface area contributed by atoms with Crippen molar-refractivity contribution in [2.75, 3.05) is 14.2 Å². The lowest BCUT2D eigenvalue weighted by molar-refractivity contribution is 0.0950. The minimum atomic E-state index is -0.193. The number of amides is 1. The SMILES string of the molecule is COc1ccc(OC)c(CN(Cc2nnc(C(=O)NCc3ccc(C)cc3)s2)C2CC2)c1. The second kappa shape index (κ2) is 10.1. The highest BCUT2D eigenvalue weighted by molar-refractivity contribution is 7.13. The van der Waals surface area contributed by atoms with Gasteiger partial charge in [-0.3, -0.25) is 9.69 Å². The summed E-state index contributed by atoms with van der Waals surface area (Å²) >= 11 is 1.35. The van der Waals surface area contributed by atoms with Crippen molar-refractivity contribution in [1.29, 1.82) is 0 Å². The lowest BCUT2D eigenvalue weighted by Gasteiger charge is -2.22. The average molecular weight is 453 g/mol. The molecule has 0 spiro atoms. The molecule has 8 heteroatoms. The summed E-state index contributed by atoms with van der Waals surface area (Å²) in [5.41, 5.74) is 3.32. The summed E-state index contributed by atoms with van der Waals surface area (Å²) in [6, 6.07) is 14.5. The van der Waals surface area contributed by atoms with E-state index in [4.69, 9.17) is 9.47 Å². The smallest absolute Gasteiger partial charge is 0.282 e. The van der Waals surface area contributed by atoms with Gasteiger partial charge in [0.15, 0.2) is 0 Å². The second-order valence-electron chi connectivity index (χ2n) is 7.98. The normalized spacial score (nSPS) is 13.2. The molecule has 32 heavy (non-hydrogen) atoms. The minimum absolute atomic E-state index is 0.193. The monoisotopic (exact) mass is 452 g/mol. The van der Waals surface area contributed by atoms with Crippen molar-refractivity contribution in [3.05, 3.63) is 69.2 Å². The van der Waals surface area contributed by atoms with Crippen LogP contribution in [0.3, 0.4) is 0 Å². The van der Waals surface area contributed by atoms with Crippen molar-refractivity contribution in [2.24, 2.45) is 0 Å². The number of hydrogen-bond acceptors (Lipinski definition) is 7. The number of nitrogens with one attached hydrogen (secondary N) is 1. The van der Waals surface area contributed by atoms with E-state index in [0.29, 0.717) is 24.1 Å². The zero-order valence-corrected chi connectivity index (χ0v) is 19.4. The van der Waals surface area contributed by atoms with Crippen LogP contribution in [0.25, 0.3) is 0 Å². The molecule has 1 amide bonds. The van der Waals surface area contributed by atoms with Gasteiger partial charge in [-0.15, -0.1) is 10.2 Å². The highest BCUT2D eigenvalue weighted by atomic mass is 32.1. The number of benzene rings is 2. The Morgan fingerprint density at radius 2 is 1.88 bits per heavy atom. The molecular weight excluding hydrogens is 424 g/mol. The highest BCUT2D eigenvalue weighted by Crippen LogP contribution is 2.33. The standard InChI is InChI=1S/C24H28N4O3S/c1-16-4-6-17(7-5-16)13-25-23(29)24-27-26-22(32-24)15-28(19-8-9-19)14-18-12-20(30-2)10-11-21(18)31-3/h4-7,10-12,19H,8-9,13-15H2,1-3H3,(H,25,29). The van der Waals surface area contributed by atoms with Crippen LogP contribution in [0.4, 0.5) is 0 Å². The summed E-state index contributed by atoms with van der Waals surface area (Å²) in [7, 11) is 3.34. The van der Waals surface area contributed by atoms with Crippen molar-refractivity contribution in [3.63, 3.8) is 0 Å². The Morgan fingerprint density at radius 1 is 1.09 bits per heavy atom. The molecule has 0 unspecified atom stereocenters. The van der Waals surface area contributed by atoms with Crippen molar-refractivity contribution >= 4 is 17.2 Å². The van der Waals surface area contributed by atoms with Gasteiger partial charge in [-0.05, 0) is 43.5 Å². The Bertz CT molecular complexity index is 1060. The molecule has 1 aliphatic rings. The van der Waals surface area contributed by atoms with Crippen molar-refractivity contribution in [1.82, 2.24) is 20.4 Å². The Hall–Kier alpha value is -2.97. The van der Waals surface area contributed by atoms with Crippen LogP contribution in [0.5, 0.6) is 11.5 Å². The molecule has 0 saturated heterocycles. The fraction of sp³-hybridized carbons (Fsp3) is 0.375. The molecule has 7 nitrogen and oxygen atoms in total. The van der Waals surface area contributed by atoms with E-state index in [2.05, 4.69) is 20.4 Å². The van der Waals surface area contributed by atoms with Crippen molar-refractivity contribution in [2.45, 2.75) is 45.4 Å². The molecule has 1 heterocycles. The van der Waals surface area contributed by atoms with E-state index in [9.17, 15) is 4.79 Å². The van der Waals surface area contributed by atoms with E-state index in [1.807, 2.05) is 49.4 Å². The lowest BCUT2D eigenvalue weighted by atomic mass is 10.1. The number of nitrogens with zero attached hydrogens (tertiary/aromatic N) is 3.